The third-order valence-corrected chi connectivity index (χ3v) is 8.12. The molecule has 2 fully saturated rings. The number of hydrogen-bond donors (Lipinski definition) is 0. The maximum atomic E-state index is 13.0. The highest BCUT2D eigenvalue weighted by atomic mass is 32.2. The Morgan fingerprint density at radius 3 is 2.23 bits per heavy atom. The summed E-state index contributed by atoms with van der Waals surface area (Å²) in [5.41, 5.74) is 4.61. The van der Waals surface area contributed by atoms with Crippen molar-refractivity contribution in [2.75, 3.05) is 47.7 Å². The Morgan fingerprint density at radius 2 is 1.58 bits per heavy atom. The van der Waals surface area contributed by atoms with Crippen LogP contribution in [0.1, 0.15) is 40.0 Å². The van der Waals surface area contributed by atoms with Crippen LogP contribution in [0.4, 0.5) is 11.5 Å². The van der Waals surface area contributed by atoms with Gasteiger partial charge in [0.2, 0.25) is 10.0 Å². The third-order valence-electron chi connectivity index (χ3n) is 6.25. The minimum Gasteiger partial charge on any atom is -0.353 e. The fourth-order valence-electron chi connectivity index (χ4n) is 4.30. The van der Waals surface area contributed by atoms with E-state index in [4.69, 9.17) is 4.98 Å². The lowest BCUT2D eigenvalue weighted by Crippen LogP contribution is -2.49. The smallest absolute Gasteiger partial charge is 0.253 e. The molecule has 2 aliphatic heterocycles. The molecule has 1 amide bonds. The van der Waals surface area contributed by atoms with E-state index in [2.05, 4.69) is 24.8 Å². The van der Waals surface area contributed by atoms with Crippen molar-refractivity contribution in [1.29, 1.82) is 0 Å². The van der Waals surface area contributed by atoms with Crippen molar-refractivity contribution in [3.8, 4) is 0 Å². The van der Waals surface area contributed by atoms with E-state index < -0.39 is 10.0 Å². The third kappa shape index (κ3) is 4.39. The molecule has 0 unspecified atom stereocenters. The van der Waals surface area contributed by atoms with Gasteiger partial charge in [-0.1, -0.05) is 6.07 Å². The SMILES string of the molecule is Cc1cc(C)c(N2CCN(C(=O)c3ccc(N4CCCCS4(=O)=O)cc3)CC2)nc1C. The monoisotopic (exact) mass is 442 g/mol. The molecule has 0 aliphatic carbocycles. The normalized spacial score (nSPS) is 18.9. The van der Waals surface area contributed by atoms with Crippen molar-refractivity contribution in [2.24, 2.45) is 0 Å². The number of pyridine rings is 1. The molecule has 166 valence electrons. The highest BCUT2D eigenvalue weighted by Crippen LogP contribution is 2.25. The lowest BCUT2D eigenvalue weighted by atomic mass is 10.1. The predicted molar refractivity (Wildman–Crippen MR) is 123 cm³/mol. The number of benzene rings is 1. The molecule has 0 radical (unpaired) electrons. The van der Waals surface area contributed by atoms with Gasteiger partial charge in [0, 0.05) is 44.0 Å². The second kappa shape index (κ2) is 8.49. The van der Waals surface area contributed by atoms with Crippen molar-refractivity contribution in [2.45, 2.75) is 33.6 Å². The average molecular weight is 443 g/mol. The number of nitrogens with zero attached hydrogens (tertiary/aromatic N) is 4. The second-order valence-electron chi connectivity index (χ2n) is 8.45. The van der Waals surface area contributed by atoms with Crippen LogP contribution in [0, 0.1) is 20.8 Å². The summed E-state index contributed by atoms with van der Waals surface area (Å²) in [7, 11) is -3.25. The fraction of sp³-hybridized carbons (Fsp3) is 0.478. The first kappa shape index (κ1) is 21.6. The van der Waals surface area contributed by atoms with E-state index in [1.165, 1.54) is 9.87 Å². The van der Waals surface area contributed by atoms with Crippen molar-refractivity contribution >= 4 is 27.4 Å². The van der Waals surface area contributed by atoms with Crippen molar-refractivity contribution in [3.63, 3.8) is 0 Å². The van der Waals surface area contributed by atoms with E-state index in [1.807, 2.05) is 11.8 Å². The summed E-state index contributed by atoms with van der Waals surface area (Å²) in [6, 6.07) is 9.13. The van der Waals surface area contributed by atoms with Crippen LogP contribution in [0.15, 0.2) is 30.3 Å². The number of piperazine rings is 1. The number of rotatable bonds is 3. The molecule has 1 aromatic heterocycles. The van der Waals surface area contributed by atoms with Crippen molar-refractivity contribution in [1.82, 2.24) is 9.88 Å². The maximum absolute atomic E-state index is 13.0. The van der Waals surface area contributed by atoms with Gasteiger partial charge in [0.05, 0.1) is 11.4 Å². The van der Waals surface area contributed by atoms with Crippen LogP contribution in [0.3, 0.4) is 0 Å². The van der Waals surface area contributed by atoms with E-state index in [-0.39, 0.29) is 11.7 Å². The summed E-state index contributed by atoms with van der Waals surface area (Å²) in [6.07, 6.45) is 1.57. The lowest BCUT2D eigenvalue weighted by molar-refractivity contribution is 0.0746. The Morgan fingerprint density at radius 1 is 0.903 bits per heavy atom. The van der Waals surface area contributed by atoms with Crippen LogP contribution in [-0.2, 0) is 10.0 Å². The standard InChI is InChI=1S/C23H30N4O3S/c1-17-16-18(2)22(24-19(17)3)25-11-13-26(14-12-25)23(28)20-6-8-21(9-7-20)27-10-4-5-15-31(27,29)30/h6-9,16H,4-5,10-15H2,1-3H3. The van der Waals surface area contributed by atoms with Gasteiger partial charge in [-0.2, -0.15) is 0 Å². The minimum atomic E-state index is -3.25. The van der Waals surface area contributed by atoms with Gasteiger partial charge in [-0.15, -0.1) is 0 Å². The van der Waals surface area contributed by atoms with Gasteiger partial charge in [-0.3, -0.25) is 9.10 Å². The van der Waals surface area contributed by atoms with Crippen LogP contribution >= 0.6 is 0 Å². The number of hydrogen-bond acceptors (Lipinski definition) is 5. The van der Waals surface area contributed by atoms with Crippen LogP contribution in [-0.4, -0.2) is 62.7 Å². The number of aryl methyl sites for hydroxylation is 3. The van der Waals surface area contributed by atoms with Crippen molar-refractivity contribution < 1.29 is 13.2 Å². The molecule has 2 saturated heterocycles. The molecule has 0 bridgehead atoms. The predicted octanol–water partition coefficient (Wildman–Crippen LogP) is 2.90. The molecule has 7 nitrogen and oxygen atoms in total. The highest BCUT2D eigenvalue weighted by molar-refractivity contribution is 7.92. The molecule has 0 atom stereocenters. The lowest BCUT2D eigenvalue weighted by Gasteiger charge is -2.36. The van der Waals surface area contributed by atoms with E-state index in [1.54, 1.807) is 24.3 Å². The number of amides is 1. The molecule has 0 spiro atoms. The summed E-state index contributed by atoms with van der Waals surface area (Å²) >= 11 is 0. The van der Waals surface area contributed by atoms with Crippen LogP contribution in [0.25, 0.3) is 0 Å². The number of carbonyl (C=O) groups excluding carboxylic acids is 1. The number of anilines is 2. The molecule has 0 N–H and O–H groups in total. The Bertz CT molecular complexity index is 1070. The summed E-state index contributed by atoms with van der Waals surface area (Å²) in [4.78, 5) is 21.8. The molecule has 2 aliphatic rings. The molecule has 3 heterocycles. The maximum Gasteiger partial charge on any atom is 0.253 e. The summed E-state index contributed by atoms with van der Waals surface area (Å²) in [5.74, 6) is 1.17. The van der Waals surface area contributed by atoms with E-state index in [0.717, 1.165) is 36.6 Å². The highest BCUT2D eigenvalue weighted by Gasteiger charge is 2.27. The van der Waals surface area contributed by atoms with Crippen molar-refractivity contribution in [3.05, 3.63) is 52.7 Å². The molecule has 31 heavy (non-hydrogen) atoms. The Kier molecular flexibility index (Phi) is 5.92. The zero-order valence-electron chi connectivity index (χ0n) is 18.5. The van der Waals surface area contributed by atoms with Gasteiger partial charge < -0.3 is 9.80 Å². The first-order valence-corrected chi connectivity index (χ1v) is 12.5. The molecular formula is C23H30N4O3S. The minimum absolute atomic E-state index is 0.0162. The summed E-state index contributed by atoms with van der Waals surface area (Å²) in [5, 5.41) is 0. The first-order valence-electron chi connectivity index (χ1n) is 10.9. The quantitative estimate of drug-likeness (QED) is 0.731. The number of aromatic nitrogens is 1. The first-order chi connectivity index (χ1) is 14.8. The summed E-state index contributed by atoms with van der Waals surface area (Å²) in [6.45, 7) is 9.43. The van der Waals surface area contributed by atoms with Gasteiger partial charge in [0.15, 0.2) is 0 Å². The second-order valence-corrected chi connectivity index (χ2v) is 10.5. The summed E-state index contributed by atoms with van der Waals surface area (Å²) < 4.78 is 26.1. The molecule has 0 saturated carbocycles. The Labute approximate surface area is 184 Å². The topological polar surface area (TPSA) is 73.8 Å². The zero-order valence-corrected chi connectivity index (χ0v) is 19.3. The van der Waals surface area contributed by atoms with Gasteiger partial charge >= 0.3 is 0 Å². The van der Waals surface area contributed by atoms with Crippen LogP contribution < -0.4 is 9.21 Å². The zero-order chi connectivity index (χ0) is 22.2. The fourth-order valence-corrected chi connectivity index (χ4v) is 5.94. The molecule has 8 heteroatoms. The number of carbonyl (C=O) groups is 1. The Hall–Kier alpha value is -2.61. The number of sulfonamides is 1. The molecular weight excluding hydrogens is 412 g/mol. The van der Waals surface area contributed by atoms with Gasteiger partial charge in [-0.05, 0) is 69.0 Å². The molecule has 4 rings (SSSR count). The Balaban J connectivity index is 1.41. The average Bonchev–Trinajstić information content (AvgIpc) is 2.76. The van der Waals surface area contributed by atoms with E-state index >= 15 is 0 Å². The molecule has 2 aromatic rings. The largest absolute Gasteiger partial charge is 0.353 e. The van der Waals surface area contributed by atoms with Crippen LogP contribution in [0.5, 0.6) is 0 Å². The van der Waals surface area contributed by atoms with Crippen LogP contribution in [0.2, 0.25) is 0 Å². The van der Waals surface area contributed by atoms with Gasteiger partial charge in [0.25, 0.3) is 5.91 Å². The van der Waals surface area contributed by atoms with Gasteiger partial charge in [0.1, 0.15) is 5.82 Å². The van der Waals surface area contributed by atoms with Gasteiger partial charge in [-0.25, -0.2) is 13.4 Å². The van der Waals surface area contributed by atoms with E-state index in [9.17, 15) is 13.2 Å². The molecule has 1 aromatic carbocycles. The van der Waals surface area contributed by atoms with E-state index in [0.29, 0.717) is 37.3 Å².